The second kappa shape index (κ2) is 30.7. The van der Waals surface area contributed by atoms with Crippen LogP contribution in [0.25, 0.3) is 0 Å². The molecule has 0 aliphatic rings. The fraction of sp³-hybridized carbons (Fsp3) is 0.614. The first kappa shape index (κ1) is 61.2. The van der Waals surface area contributed by atoms with E-state index in [0.29, 0.717) is 18.4 Å². The number of carbonyl (C=O) groups excluding carboxylic acids is 8. The number of rotatable bonds is 33. The molecule has 0 radical (unpaired) electrons. The van der Waals surface area contributed by atoms with Crippen LogP contribution in [-0.2, 0) is 59.2 Å². The first-order valence-electron chi connectivity index (χ1n) is 22.6. The van der Waals surface area contributed by atoms with Gasteiger partial charge in [0.1, 0.15) is 48.3 Å². The molecule has 0 aliphatic heterocycles. The van der Waals surface area contributed by atoms with Crippen molar-refractivity contribution >= 4 is 65.2 Å². The maximum absolute atomic E-state index is 13.9. The van der Waals surface area contributed by atoms with Gasteiger partial charge in [-0.15, -0.1) is 0 Å². The number of amides is 8. The molecule has 70 heavy (non-hydrogen) atoms. The maximum atomic E-state index is 13.9. The van der Waals surface area contributed by atoms with E-state index in [1.54, 1.807) is 65.3 Å². The van der Waals surface area contributed by atoms with Gasteiger partial charge in [0, 0.05) is 12.8 Å². The number of nitrogens with zero attached hydrogens (tertiary/aromatic N) is 1. The van der Waals surface area contributed by atoms with E-state index in [1.807, 2.05) is 0 Å². The van der Waals surface area contributed by atoms with Gasteiger partial charge in [-0.2, -0.15) is 0 Å². The summed E-state index contributed by atoms with van der Waals surface area (Å²) < 4.78 is 0.192. The van der Waals surface area contributed by atoms with Gasteiger partial charge in [-0.1, -0.05) is 50.6 Å². The number of nitrogens with one attached hydrogen (secondary N) is 8. The van der Waals surface area contributed by atoms with Crippen molar-refractivity contribution in [3.63, 3.8) is 0 Å². The summed E-state index contributed by atoms with van der Waals surface area (Å²) in [6.45, 7) is 2.66. The molecule has 0 unspecified atom stereocenters. The van der Waals surface area contributed by atoms with Crippen LogP contribution in [0, 0.1) is 5.92 Å². The molecule has 0 fully saturated rings. The molecule has 392 valence electrons. The van der Waals surface area contributed by atoms with Gasteiger partial charge in [-0.25, -0.2) is 4.79 Å². The average Bonchev–Trinajstić information content (AvgIpc) is 3.28. The summed E-state index contributed by atoms with van der Waals surface area (Å²) in [5, 5.41) is 67.2. The van der Waals surface area contributed by atoms with Crippen LogP contribution in [-0.4, -0.2) is 191 Å². The molecule has 1 aromatic rings. The molecule has 26 heteroatoms. The molecule has 15 N–H and O–H groups in total. The van der Waals surface area contributed by atoms with Gasteiger partial charge in [0.25, 0.3) is 5.91 Å². The summed E-state index contributed by atoms with van der Waals surface area (Å²) >= 11 is 0. The van der Waals surface area contributed by atoms with Crippen molar-refractivity contribution in [2.75, 3.05) is 47.4 Å². The lowest BCUT2D eigenvalue weighted by Gasteiger charge is -2.28. The third-order valence-corrected chi connectivity index (χ3v) is 10.6. The highest BCUT2D eigenvalue weighted by atomic mass is 16.4. The highest BCUT2D eigenvalue weighted by molar-refractivity contribution is 5.98. The molecular weight excluding hydrogens is 925 g/mol. The third kappa shape index (κ3) is 23.0. The van der Waals surface area contributed by atoms with Gasteiger partial charge < -0.3 is 78.3 Å². The zero-order chi connectivity index (χ0) is 53.3. The number of hydrogen-bond acceptors (Lipinski definition) is 14. The quantitative estimate of drug-likeness (QED) is 0.0233. The maximum Gasteiger partial charge on any atom is 0.326 e. The van der Waals surface area contributed by atoms with Gasteiger partial charge in [-0.3, -0.25) is 47.9 Å². The van der Waals surface area contributed by atoms with Crippen molar-refractivity contribution in [2.45, 2.75) is 120 Å². The number of aliphatic hydroxyl groups is 2. The number of aliphatic carboxylic acids is 3. The van der Waals surface area contributed by atoms with Crippen LogP contribution in [0.4, 0.5) is 0 Å². The first-order valence-corrected chi connectivity index (χ1v) is 22.6. The summed E-state index contributed by atoms with van der Waals surface area (Å²) in [6, 6.07) is -4.36. The van der Waals surface area contributed by atoms with Crippen LogP contribution in [0.5, 0.6) is 0 Å². The Morgan fingerprint density at radius 2 is 1.07 bits per heavy atom. The zero-order valence-electron chi connectivity index (χ0n) is 40.3. The number of quaternary nitrogens is 1. The Kier molecular flexibility index (Phi) is 26.8. The van der Waals surface area contributed by atoms with Crippen LogP contribution >= 0.6 is 0 Å². The SMILES string of the molecule is CC[C@H](C)[C@H](NC(=O)[C@H](C)NC(=O)[C@H](CO)NC(=O)[C@H](CCC(=O)O)NC(=O)[C@H](Cc1ccccc1)NC(=O)[C@H](CO)NC(=O)C[N+](C)(C)C)C(=O)N[C@@H](CC(=O)O)C(=O)N[C@@H](CCCCN)C(=O)O. The Hall–Kier alpha value is -6.77. The van der Waals surface area contributed by atoms with Crippen molar-refractivity contribution in [3.8, 4) is 0 Å². The topological polar surface area (TPSA) is 411 Å². The molecule has 0 bridgehead atoms. The number of benzene rings is 1. The van der Waals surface area contributed by atoms with E-state index in [9.17, 15) is 78.3 Å². The highest BCUT2D eigenvalue weighted by Crippen LogP contribution is 2.11. The van der Waals surface area contributed by atoms with Gasteiger partial charge in [-0.05, 0) is 50.6 Å². The third-order valence-electron chi connectivity index (χ3n) is 10.6. The lowest BCUT2D eigenvalue weighted by atomic mass is 9.97. The molecule has 0 saturated carbocycles. The Morgan fingerprint density at radius 3 is 1.60 bits per heavy atom. The van der Waals surface area contributed by atoms with E-state index in [2.05, 4.69) is 42.5 Å². The van der Waals surface area contributed by atoms with Crippen molar-refractivity contribution < 1.29 is 82.8 Å². The second-order valence-electron chi connectivity index (χ2n) is 17.7. The van der Waals surface area contributed by atoms with Crippen LogP contribution in [0.3, 0.4) is 0 Å². The Morgan fingerprint density at radius 1 is 0.571 bits per heavy atom. The van der Waals surface area contributed by atoms with Crippen LogP contribution in [0.1, 0.15) is 71.3 Å². The number of aliphatic hydroxyl groups excluding tert-OH is 2. The summed E-state index contributed by atoms with van der Waals surface area (Å²) in [7, 11) is 5.17. The Labute approximate surface area is 405 Å². The summed E-state index contributed by atoms with van der Waals surface area (Å²) in [5.74, 6) is -12.9. The Bertz CT molecular complexity index is 1970. The predicted molar refractivity (Wildman–Crippen MR) is 247 cm³/mol. The molecule has 0 heterocycles. The van der Waals surface area contributed by atoms with E-state index < -0.39 is 152 Å². The molecule has 0 aromatic heterocycles. The zero-order valence-corrected chi connectivity index (χ0v) is 40.3. The molecule has 26 nitrogen and oxygen atoms in total. The number of likely N-dealkylation sites (N-methyl/N-ethyl adjacent to an activating group) is 1. The molecule has 0 aliphatic carbocycles. The van der Waals surface area contributed by atoms with E-state index in [4.69, 9.17) is 5.73 Å². The molecule has 1 rings (SSSR count). The largest absolute Gasteiger partial charge is 0.481 e. The van der Waals surface area contributed by atoms with E-state index in [0.717, 1.165) is 0 Å². The fourth-order valence-electron chi connectivity index (χ4n) is 6.50. The van der Waals surface area contributed by atoms with Gasteiger partial charge in [0.05, 0.1) is 40.8 Å². The minimum absolute atomic E-state index is 0.0325. The van der Waals surface area contributed by atoms with Crippen molar-refractivity contribution in [2.24, 2.45) is 11.7 Å². The molecule has 0 spiro atoms. The lowest BCUT2D eigenvalue weighted by Crippen LogP contribution is -2.61. The van der Waals surface area contributed by atoms with Gasteiger partial charge in [0.2, 0.25) is 41.4 Å². The molecular formula is C44H71N10O16+. The van der Waals surface area contributed by atoms with Crippen LogP contribution in [0.2, 0.25) is 0 Å². The number of carboxylic acid groups (broad SMARTS) is 3. The molecule has 9 atom stereocenters. The minimum Gasteiger partial charge on any atom is -0.481 e. The van der Waals surface area contributed by atoms with E-state index in [1.165, 1.54) is 6.92 Å². The number of nitrogens with two attached hydrogens (primary N) is 1. The van der Waals surface area contributed by atoms with Crippen LogP contribution < -0.4 is 48.3 Å². The normalized spacial score (nSPS) is 15.0. The van der Waals surface area contributed by atoms with Gasteiger partial charge >= 0.3 is 17.9 Å². The standard InChI is InChI=1S/C44H70N10O16/c1-7-24(2)36(43(68)51-30(20-35(60)61)40(65)49-28(44(69)70)15-11-12-18-45)53-37(62)25(3)46-41(66)32(23-56)52-38(63)27(16-17-34(58)59)48-39(64)29(19-26-13-9-8-10-14-26)50-42(67)31(22-55)47-33(57)21-54(4,5)6/h8-10,13-14,24-25,27-32,36,55-56H,7,11-12,15-23,45H2,1-6H3,(H10-,46,47,48,49,50,51,52,53,57,58,59,60,61,62,63,64,65,66,67,68,69,70)/p+1/t24-,25-,27-,28-,29-,30-,31-,32-,36-/m0/s1. The average molecular weight is 996 g/mol. The van der Waals surface area contributed by atoms with Gasteiger partial charge in [0.15, 0.2) is 6.54 Å². The number of unbranched alkanes of at least 4 members (excludes halogenated alkanes) is 1. The molecule has 0 saturated heterocycles. The van der Waals surface area contributed by atoms with E-state index >= 15 is 0 Å². The smallest absolute Gasteiger partial charge is 0.326 e. The summed E-state index contributed by atoms with van der Waals surface area (Å²) in [5.41, 5.74) is 5.99. The Balaban J connectivity index is 3.26. The highest BCUT2D eigenvalue weighted by Gasteiger charge is 2.36. The second-order valence-corrected chi connectivity index (χ2v) is 17.7. The van der Waals surface area contributed by atoms with Crippen LogP contribution in [0.15, 0.2) is 30.3 Å². The number of hydrogen-bond donors (Lipinski definition) is 14. The monoisotopic (exact) mass is 996 g/mol. The molecule has 8 amide bonds. The van der Waals surface area contributed by atoms with Crippen molar-refractivity contribution in [1.29, 1.82) is 0 Å². The number of carboxylic acids is 3. The fourth-order valence-corrected chi connectivity index (χ4v) is 6.50. The van der Waals surface area contributed by atoms with Crippen molar-refractivity contribution in [3.05, 3.63) is 35.9 Å². The van der Waals surface area contributed by atoms with E-state index in [-0.39, 0.29) is 36.8 Å². The first-order chi connectivity index (χ1) is 32.8. The number of carbonyl (C=O) groups is 11. The van der Waals surface area contributed by atoms with Crippen molar-refractivity contribution in [1.82, 2.24) is 42.5 Å². The molecule has 1 aromatic carbocycles. The summed E-state index contributed by atoms with van der Waals surface area (Å²) in [6.07, 6.45) is -1.38. The lowest BCUT2D eigenvalue weighted by molar-refractivity contribution is -0.862. The predicted octanol–water partition coefficient (Wildman–Crippen LogP) is -4.58. The summed E-state index contributed by atoms with van der Waals surface area (Å²) in [4.78, 5) is 142. The minimum atomic E-state index is -1.82.